The third kappa shape index (κ3) is 18.1. The van der Waals surface area contributed by atoms with Crippen LogP contribution < -0.4 is 5.32 Å². The molecule has 3 fully saturated rings. The Morgan fingerprint density at radius 2 is 0.805 bits per heavy atom. The Hall–Kier alpha value is -7.25. The summed E-state index contributed by atoms with van der Waals surface area (Å²) in [7, 11) is 0. The number of piperidine rings is 3. The van der Waals surface area contributed by atoms with Gasteiger partial charge in [0, 0.05) is 82.6 Å². The number of rotatable bonds is 19. The summed E-state index contributed by atoms with van der Waals surface area (Å²) in [5.74, 6) is 2.44. The van der Waals surface area contributed by atoms with Crippen LogP contribution in [-0.4, -0.2) is 134 Å². The van der Waals surface area contributed by atoms with Gasteiger partial charge in [-0.15, -0.1) is 0 Å². The lowest BCUT2D eigenvalue weighted by Crippen LogP contribution is -2.46. The standard InChI is InChI=1S/C24H31N3O4.C23H29N3O4.C16H25N3O2/c1-4-30-22(28)20-15-25-21(26-16-20)14-24(18(2)3)10-12-27(13-11-24)23(29)31-17-19-8-6-5-7-9-19;1-17(2)23(12-21-24-13-19(14-25-21)20(28)15-27)8-10-26(11-9-23)22(29)30-16-18-6-4-3-5-7-18;1-4-21-15(20)13-10-18-14(19-11-13)9-16(12(2)3)5-7-17-8-6-16/h5-9,15-16,18H,4,10-14,17H2,1-3H3;3-7,13-14,17,27H,8-12,15-16H2,1-2H3;10-12,17H,4-9H2,1-3H3. The molecule has 2 amide bonds. The molecule has 19 nitrogen and oxygen atoms in total. The Morgan fingerprint density at radius 1 is 0.488 bits per heavy atom. The molecule has 2 aromatic carbocycles. The average molecular weight is 1130 g/mol. The van der Waals surface area contributed by atoms with Crippen LogP contribution in [0.25, 0.3) is 0 Å². The molecule has 19 heteroatoms. The number of amides is 2. The molecule has 5 aromatic rings. The van der Waals surface area contributed by atoms with Crippen molar-refractivity contribution in [3.8, 4) is 0 Å². The van der Waals surface area contributed by atoms with Gasteiger partial charge in [-0.25, -0.2) is 49.1 Å². The van der Waals surface area contributed by atoms with Crippen LogP contribution in [0.2, 0.25) is 0 Å². The average Bonchev–Trinajstić information content (AvgIpc) is 3.54. The largest absolute Gasteiger partial charge is 0.462 e. The zero-order valence-corrected chi connectivity index (χ0v) is 49.3. The number of hydrogen-bond acceptors (Lipinski definition) is 17. The normalized spacial score (nSPS) is 16.2. The highest BCUT2D eigenvalue weighted by Gasteiger charge is 2.41. The SMILES string of the molecule is CC(C)C1(Cc2ncc(C(=O)CO)cn2)CCN(C(=O)OCc2ccccc2)CC1.CCOC(=O)c1cnc(CC2(C(C)C)CCN(C(=O)OCc3ccccc3)CC2)nc1.CCOC(=O)c1cnc(CC2(C(C)C)CCNCC2)nc1. The molecule has 3 aliphatic rings. The number of aliphatic hydroxyl groups is 1. The number of ether oxygens (including phenoxy) is 4. The molecule has 0 spiro atoms. The van der Waals surface area contributed by atoms with Crippen molar-refractivity contribution in [2.75, 3.05) is 59.1 Å². The number of hydrogen-bond donors (Lipinski definition) is 2. The first kappa shape index (κ1) is 63.9. The molecule has 3 aromatic heterocycles. The predicted octanol–water partition coefficient (Wildman–Crippen LogP) is 9.76. The number of nitrogens with zero attached hydrogens (tertiary/aromatic N) is 8. The summed E-state index contributed by atoms with van der Waals surface area (Å²) >= 11 is 0. The highest BCUT2D eigenvalue weighted by Crippen LogP contribution is 2.43. The lowest BCUT2D eigenvalue weighted by atomic mass is 9.67. The van der Waals surface area contributed by atoms with Crippen molar-refractivity contribution in [3.05, 3.63) is 143 Å². The molecular weight excluding hydrogens is 1040 g/mol. The highest BCUT2D eigenvalue weighted by molar-refractivity contribution is 5.96. The van der Waals surface area contributed by atoms with Crippen molar-refractivity contribution < 1.29 is 48.0 Å². The zero-order chi connectivity index (χ0) is 59.1. The first-order valence-corrected chi connectivity index (χ1v) is 29.0. The number of esters is 2. The van der Waals surface area contributed by atoms with Gasteiger partial charge in [-0.3, -0.25) is 4.79 Å². The van der Waals surface area contributed by atoms with Crippen LogP contribution in [-0.2, 0) is 51.4 Å². The number of carbonyl (C=O) groups is 5. The minimum absolute atomic E-state index is 0.00164. The second-order valence-corrected chi connectivity index (χ2v) is 22.6. The molecule has 0 atom stereocenters. The van der Waals surface area contributed by atoms with Gasteiger partial charge >= 0.3 is 24.1 Å². The fourth-order valence-corrected chi connectivity index (χ4v) is 10.8. The van der Waals surface area contributed by atoms with Gasteiger partial charge in [0.05, 0.1) is 29.9 Å². The minimum Gasteiger partial charge on any atom is -0.462 e. The van der Waals surface area contributed by atoms with E-state index < -0.39 is 12.6 Å². The summed E-state index contributed by atoms with van der Waals surface area (Å²) in [6.07, 6.45) is 16.6. The lowest BCUT2D eigenvalue weighted by molar-refractivity contribution is 0.0402. The predicted molar refractivity (Wildman–Crippen MR) is 309 cm³/mol. The summed E-state index contributed by atoms with van der Waals surface area (Å²) in [4.78, 5) is 89.7. The molecule has 3 aliphatic heterocycles. The van der Waals surface area contributed by atoms with E-state index in [-0.39, 0.29) is 53.4 Å². The van der Waals surface area contributed by atoms with E-state index in [9.17, 15) is 24.0 Å². The van der Waals surface area contributed by atoms with Crippen molar-refractivity contribution >= 4 is 29.9 Å². The van der Waals surface area contributed by atoms with E-state index in [0.29, 0.717) is 98.3 Å². The molecule has 2 N–H and O–H groups in total. The third-order valence-electron chi connectivity index (χ3n) is 16.9. The molecule has 0 aliphatic carbocycles. The third-order valence-corrected chi connectivity index (χ3v) is 16.9. The maximum atomic E-state index is 12.5. The summed E-state index contributed by atoms with van der Waals surface area (Å²) in [6.45, 7) is 22.3. The van der Waals surface area contributed by atoms with Crippen LogP contribution in [0.1, 0.15) is 154 Å². The van der Waals surface area contributed by atoms with Gasteiger partial charge in [-0.1, -0.05) is 102 Å². The number of ketones is 1. The number of carbonyl (C=O) groups excluding carboxylic acids is 5. The van der Waals surface area contributed by atoms with E-state index in [1.165, 1.54) is 24.8 Å². The zero-order valence-electron chi connectivity index (χ0n) is 49.3. The summed E-state index contributed by atoms with van der Waals surface area (Å²) < 4.78 is 20.9. The van der Waals surface area contributed by atoms with Gasteiger partial charge in [-0.05, 0) is 111 Å². The number of aromatic nitrogens is 6. The van der Waals surface area contributed by atoms with Crippen LogP contribution in [0.5, 0.6) is 0 Å². The fourth-order valence-electron chi connectivity index (χ4n) is 10.8. The van der Waals surface area contributed by atoms with Crippen LogP contribution in [0.3, 0.4) is 0 Å². The maximum Gasteiger partial charge on any atom is 0.410 e. The fraction of sp³-hybridized carbons (Fsp3) is 0.540. The maximum absolute atomic E-state index is 12.5. The van der Waals surface area contributed by atoms with Gasteiger partial charge in [0.1, 0.15) is 37.3 Å². The van der Waals surface area contributed by atoms with Crippen molar-refractivity contribution in [2.24, 2.45) is 34.0 Å². The van der Waals surface area contributed by atoms with Crippen molar-refractivity contribution in [2.45, 2.75) is 126 Å². The Labute approximate surface area is 483 Å². The monoisotopic (exact) mass is 1130 g/mol. The molecule has 82 heavy (non-hydrogen) atoms. The number of benzene rings is 2. The van der Waals surface area contributed by atoms with Gasteiger partial charge in [0.25, 0.3) is 0 Å². The molecule has 0 radical (unpaired) electrons. The van der Waals surface area contributed by atoms with E-state index in [1.54, 1.807) is 36.0 Å². The van der Waals surface area contributed by atoms with Gasteiger partial charge in [0.2, 0.25) is 0 Å². The van der Waals surface area contributed by atoms with E-state index in [4.69, 9.17) is 24.1 Å². The second-order valence-electron chi connectivity index (χ2n) is 22.6. The molecule has 0 saturated carbocycles. The van der Waals surface area contributed by atoms with Gasteiger partial charge in [0.15, 0.2) is 5.78 Å². The molecule has 442 valence electrons. The molecule has 0 unspecified atom stereocenters. The Bertz CT molecular complexity index is 2760. The summed E-state index contributed by atoms with van der Waals surface area (Å²) in [5.41, 5.74) is 3.30. The summed E-state index contributed by atoms with van der Waals surface area (Å²) in [6, 6.07) is 19.4. The Balaban J connectivity index is 0.000000202. The molecular formula is C63H85N9O10. The smallest absolute Gasteiger partial charge is 0.410 e. The Morgan fingerprint density at radius 3 is 1.11 bits per heavy atom. The highest BCUT2D eigenvalue weighted by atomic mass is 16.6. The molecule has 0 bridgehead atoms. The minimum atomic E-state index is -0.547. The van der Waals surface area contributed by atoms with E-state index in [1.807, 2.05) is 60.7 Å². The molecule has 3 saturated heterocycles. The van der Waals surface area contributed by atoms with Crippen LogP contribution >= 0.6 is 0 Å². The van der Waals surface area contributed by atoms with Gasteiger partial charge in [-0.2, -0.15) is 0 Å². The Kier molecular flexibility index (Phi) is 24.4. The molecule has 8 rings (SSSR count). The second kappa shape index (κ2) is 31.3. The number of Topliss-reactive ketones (excluding diaryl/α,β-unsaturated/α-hetero) is 1. The van der Waals surface area contributed by atoms with Crippen LogP contribution in [0.4, 0.5) is 9.59 Å². The van der Waals surface area contributed by atoms with Crippen LogP contribution in [0, 0.1) is 34.0 Å². The quantitative estimate of drug-likeness (QED) is 0.0444. The molecule has 6 heterocycles. The lowest BCUT2D eigenvalue weighted by Gasteiger charge is -2.44. The number of likely N-dealkylation sites (tertiary alicyclic amines) is 2. The van der Waals surface area contributed by atoms with E-state index in [0.717, 1.165) is 75.0 Å². The van der Waals surface area contributed by atoms with Crippen molar-refractivity contribution in [1.29, 1.82) is 0 Å². The van der Waals surface area contributed by atoms with Crippen molar-refractivity contribution in [1.82, 2.24) is 45.0 Å². The number of aliphatic hydroxyl groups excluding tert-OH is 1. The topological polar surface area (TPSA) is 238 Å². The first-order chi connectivity index (χ1) is 39.4. The number of nitrogens with one attached hydrogen (secondary N) is 1. The van der Waals surface area contributed by atoms with E-state index in [2.05, 4.69) is 76.8 Å². The van der Waals surface area contributed by atoms with Gasteiger partial charge < -0.3 is 39.2 Å². The summed E-state index contributed by atoms with van der Waals surface area (Å²) in [5, 5.41) is 12.4. The van der Waals surface area contributed by atoms with Crippen molar-refractivity contribution in [3.63, 3.8) is 0 Å². The van der Waals surface area contributed by atoms with E-state index >= 15 is 0 Å². The van der Waals surface area contributed by atoms with Crippen LogP contribution in [0.15, 0.2) is 97.8 Å². The first-order valence-electron chi connectivity index (χ1n) is 29.0.